The molecule has 2 aliphatic heterocycles. The van der Waals surface area contributed by atoms with Gasteiger partial charge in [-0.15, -0.1) is 0 Å². The second-order valence-corrected chi connectivity index (χ2v) is 6.11. The molecule has 1 unspecified atom stereocenters. The second-order valence-electron chi connectivity index (χ2n) is 6.11. The van der Waals surface area contributed by atoms with Gasteiger partial charge in [0.25, 0.3) is 0 Å². The van der Waals surface area contributed by atoms with Gasteiger partial charge in [-0.3, -0.25) is 9.59 Å². The first-order chi connectivity index (χ1) is 11.5. The number of anilines is 1. The van der Waals surface area contributed by atoms with Gasteiger partial charge in [-0.25, -0.2) is 4.79 Å². The second kappa shape index (κ2) is 6.51. The molecule has 24 heavy (non-hydrogen) atoms. The van der Waals surface area contributed by atoms with Gasteiger partial charge in [0.15, 0.2) is 0 Å². The third-order valence-electron chi connectivity index (χ3n) is 4.67. The molecular weight excluding hydrogens is 312 g/mol. The van der Waals surface area contributed by atoms with Gasteiger partial charge < -0.3 is 19.6 Å². The quantitative estimate of drug-likeness (QED) is 0.893. The summed E-state index contributed by atoms with van der Waals surface area (Å²) in [5.41, 5.74) is 0.636. The lowest BCUT2D eigenvalue weighted by atomic mass is 10.1. The van der Waals surface area contributed by atoms with Crippen LogP contribution >= 0.6 is 0 Å². The number of amides is 2. The van der Waals surface area contributed by atoms with E-state index in [1.54, 1.807) is 23.1 Å². The highest BCUT2D eigenvalue weighted by Gasteiger charge is 2.42. The highest BCUT2D eigenvalue weighted by Crippen LogP contribution is 2.34. The van der Waals surface area contributed by atoms with Gasteiger partial charge in [-0.05, 0) is 25.0 Å². The first-order valence-corrected chi connectivity index (χ1v) is 7.99. The molecule has 0 radical (unpaired) electrons. The average Bonchev–Trinajstić information content (AvgIpc) is 3.21. The number of benzene rings is 1. The fourth-order valence-corrected chi connectivity index (χ4v) is 3.48. The van der Waals surface area contributed by atoms with Gasteiger partial charge in [0.05, 0.1) is 18.7 Å². The van der Waals surface area contributed by atoms with Gasteiger partial charge >= 0.3 is 5.97 Å². The van der Waals surface area contributed by atoms with Crippen LogP contribution in [0.1, 0.15) is 19.3 Å². The number of carboxylic acid groups (broad SMARTS) is 1. The summed E-state index contributed by atoms with van der Waals surface area (Å²) in [5.74, 6) is -1.31. The van der Waals surface area contributed by atoms with Crippen molar-refractivity contribution in [2.75, 3.05) is 25.1 Å². The zero-order valence-electron chi connectivity index (χ0n) is 13.5. The Morgan fingerprint density at radius 2 is 2.04 bits per heavy atom. The number of rotatable bonds is 4. The fourth-order valence-electron chi connectivity index (χ4n) is 3.48. The lowest BCUT2D eigenvalue weighted by Crippen LogP contribution is -2.44. The van der Waals surface area contributed by atoms with Crippen LogP contribution in [0, 0.1) is 5.92 Å². The molecule has 0 bridgehead atoms. The molecule has 7 nitrogen and oxygen atoms in total. The van der Waals surface area contributed by atoms with E-state index in [0.717, 1.165) is 0 Å². The number of nitrogens with zero attached hydrogens (tertiary/aromatic N) is 2. The molecule has 7 heteroatoms. The summed E-state index contributed by atoms with van der Waals surface area (Å²) < 4.78 is 5.28. The van der Waals surface area contributed by atoms with Crippen LogP contribution < -0.4 is 9.64 Å². The van der Waals surface area contributed by atoms with Crippen LogP contribution in [0.4, 0.5) is 5.69 Å². The molecule has 0 spiro atoms. The van der Waals surface area contributed by atoms with Crippen molar-refractivity contribution in [3.63, 3.8) is 0 Å². The monoisotopic (exact) mass is 332 g/mol. The Hall–Kier alpha value is -2.57. The number of ether oxygens (including phenoxy) is 1. The van der Waals surface area contributed by atoms with E-state index >= 15 is 0 Å². The van der Waals surface area contributed by atoms with E-state index < -0.39 is 17.9 Å². The lowest BCUT2D eigenvalue weighted by molar-refractivity contribution is -0.149. The fraction of sp³-hybridized carbons (Fsp3) is 0.471. The topological polar surface area (TPSA) is 87.2 Å². The first-order valence-electron chi connectivity index (χ1n) is 7.99. The molecule has 3 rings (SSSR count). The average molecular weight is 332 g/mol. The molecule has 2 aliphatic rings. The van der Waals surface area contributed by atoms with E-state index in [9.17, 15) is 19.5 Å². The summed E-state index contributed by atoms with van der Waals surface area (Å²) in [6.07, 6.45) is 1.25. The van der Waals surface area contributed by atoms with Crippen molar-refractivity contribution in [3.8, 4) is 5.75 Å². The predicted molar refractivity (Wildman–Crippen MR) is 85.8 cm³/mol. The smallest absolute Gasteiger partial charge is 0.326 e. The van der Waals surface area contributed by atoms with Crippen molar-refractivity contribution >= 4 is 23.5 Å². The van der Waals surface area contributed by atoms with Crippen LogP contribution in [0.15, 0.2) is 24.3 Å². The number of para-hydroxylation sites is 2. The van der Waals surface area contributed by atoms with Crippen LogP contribution in [0.2, 0.25) is 0 Å². The zero-order chi connectivity index (χ0) is 17.3. The van der Waals surface area contributed by atoms with Crippen molar-refractivity contribution in [1.29, 1.82) is 0 Å². The molecule has 1 N–H and O–H groups in total. The maximum atomic E-state index is 12.7. The van der Waals surface area contributed by atoms with Gasteiger partial charge in [0, 0.05) is 19.5 Å². The summed E-state index contributed by atoms with van der Waals surface area (Å²) in [4.78, 5) is 39.3. The maximum Gasteiger partial charge on any atom is 0.326 e. The molecule has 2 fully saturated rings. The van der Waals surface area contributed by atoms with Crippen LogP contribution in [-0.2, 0) is 14.4 Å². The minimum Gasteiger partial charge on any atom is -0.495 e. The Morgan fingerprint density at radius 3 is 2.75 bits per heavy atom. The maximum absolute atomic E-state index is 12.7. The molecule has 2 saturated heterocycles. The zero-order valence-corrected chi connectivity index (χ0v) is 13.5. The van der Waals surface area contributed by atoms with E-state index in [0.29, 0.717) is 30.8 Å². The standard InChI is InChI=1S/C17H20N2O5/c1-24-14-7-3-2-5-12(14)19-10-11(9-15(19)20)16(21)18-8-4-6-13(18)17(22)23/h2-3,5,7,11,13H,4,6,8-10H2,1H3,(H,22,23)/t11?,13-/m1/s1. The Morgan fingerprint density at radius 1 is 1.29 bits per heavy atom. The van der Waals surface area contributed by atoms with E-state index in [1.807, 2.05) is 6.07 Å². The minimum absolute atomic E-state index is 0.0969. The predicted octanol–water partition coefficient (Wildman–Crippen LogP) is 1.12. The molecule has 1 aromatic carbocycles. The Balaban J connectivity index is 1.77. The number of carbonyl (C=O) groups excluding carboxylic acids is 2. The highest BCUT2D eigenvalue weighted by molar-refractivity contribution is 6.01. The molecule has 0 aliphatic carbocycles. The normalized spacial score (nSPS) is 23.6. The molecular formula is C17H20N2O5. The molecule has 2 amide bonds. The Kier molecular flexibility index (Phi) is 4.42. The minimum atomic E-state index is -0.980. The largest absolute Gasteiger partial charge is 0.495 e. The SMILES string of the molecule is COc1ccccc1N1CC(C(=O)N2CCC[C@@H]2C(=O)O)CC1=O. The van der Waals surface area contributed by atoms with Gasteiger partial charge in [0.2, 0.25) is 11.8 Å². The molecule has 128 valence electrons. The van der Waals surface area contributed by atoms with E-state index in [2.05, 4.69) is 0 Å². The van der Waals surface area contributed by atoms with Gasteiger partial charge in [0.1, 0.15) is 11.8 Å². The number of likely N-dealkylation sites (tertiary alicyclic amines) is 1. The van der Waals surface area contributed by atoms with E-state index in [-0.39, 0.29) is 24.8 Å². The number of aliphatic carboxylic acids is 1. The molecule has 0 saturated carbocycles. The van der Waals surface area contributed by atoms with Crippen LogP contribution in [0.3, 0.4) is 0 Å². The summed E-state index contributed by atoms with van der Waals surface area (Å²) >= 11 is 0. The number of methoxy groups -OCH3 is 1. The Bertz CT molecular complexity index is 675. The number of carboxylic acids is 1. The molecule has 1 aromatic rings. The lowest BCUT2D eigenvalue weighted by Gasteiger charge is -2.25. The van der Waals surface area contributed by atoms with Crippen LogP contribution in [0.25, 0.3) is 0 Å². The summed E-state index contributed by atoms with van der Waals surface area (Å²) in [6, 6.07) is 6.39. The first kappa shape index (κ1) is 16.3. The number of hydrogen-bond acceptors (Lipinski definition) is 4. The van der Waals surface area contributed by atoms with Crippen molar-refractivity contribution < 1.29 is 24.2 Å². The number of hydrogen-bond donors (Lipinski definition) is 1. The third kappa shape index (κ3) is 2.81. The van der Waals surface area contributed by atoms with Gasteiger partial charge in [-0.2, -0.15) is 0 Å². The van der Waals surface area contributed by atoms with Crippen molar-refractivity contribution in [1.82, 2.24) is 4.90 Å². The van der Waals surface area contributed by atoms with E-state index in [1.165, 1.54) is 12.0 Å². The van der Waals surface area contributed by atoms with Crippen LogP contribution in [0.5, 0.6) is 5.75 Å². The Labute approximate surface area is 139 Å². The van der Waals surface area contributed by atoms with Crippen LogP contribution in [-0.4, -0.2) is 54.0 Å². The van der Waals surface area contributed by atoms with E-state index in [4.69, 9.17) is 4.74 Å². The summed E-state index contributed by atoms with van der Waals surface area (Å²) in [7, 11) is 1.53. The van der Waals surface area contributed by atoms with Gasteiger partial charge in [-0.1, -0.05) is 12.1 Å². The molecule has 0 aromatic heterocycles. The summed E-state index contributed by atoms with van der Waals surface area (Å²) in [5, 5.41) is 9.24. The number of carbonyl (C=O) groups is 3. The highest BCUT2D eigenvalue weighted by atomic mass is 16.5. The third-order valence-corrected chi connectivity index (χ3v) is 4.67. The summed E-state index contributed by atoms with van der Waals surface area (Å²) in [6.45, 7) is 0.691. The molecule has 2 heterocycles. The van der Waals surface area contributed by atoms with Crippen molar-refractivity contribution in [2.45, 2.75) is 25.3 Å². The molecule has 2 atom stereocenters. The van der Waals surface area contributed by atoms with Crippen molar-refractivity contribution in [2.24, 2.45) is 5.92 Å². The van der Waals surface area contributed by atoms with Crippen molar-refractivity contribution in [3.05, 3.63) is 24.3 Å².